The molecule has 112 valence electrons. The van der Waals surface area contributed by atoms with Crippen molar-refractivity contribution in [3.8, 4) is 11.8 Å². The lowest BCUT2D eigenvalue weighted by Gasteiger charge is -2.15. The first kappa shape index (κ1) is 16.2. The highest BCUT2D eigenvalue weighted by Gasteiger charge is 2.15. The molecular formula is C16H12Cl2N2O2. The van der Waals surface area contributed by atoms with E-state index in [1.807, 2.05) is 6.07 Å². The fourth-order valence-corrected chi connectivity index (χ4v) is 1.98. The minimum absolute atomic E-state index is 0.317. The number of carbonyl (C=O) groups is 1. The number of ether oxygens (including phenoxy) is 1. The molecule has 2 rings (SSSR count). The van der Waals surface area contributed by atoms with Crippen LogP contribution in [0.25, 0.3) is 0 Å². The number of hydrogen-bond acceptors (Lipinski definition) is 3. The molecular weight excluding hydrogens is 323 g/mol. The lowest BCUT2D eigenvalue weighted by atomic mass is 10.2. The Morgan fingerprint density at radius 1 is 1.18 bits per heavy atom. The number of benzene rings is 2. The molecule has 6 heteroatoms. The zero-order valence-electron chi connectivity index (χ0n) is 11.6. The average molecular weight is 335 g/mol. The number of anilines is 1. The molecule has 0 saturated carbocycles. The monoisotopic (exact) mass is 334 g/mol. The number of halogens is 2. The van der Waals surface area contributed by atoms with E-state index < -0.39 is 6.10 Å². The summed E-state index contributed by atoms with van der Waals surface area (Å²) < 4.78 is 5.52. The summed E-state index contributed by atoms with van der Waals surface area (Å²) in [6.45, 7) is 1.63. The van der Waals surface area contributed by atoms with Crippen molar-refractivity contribution in [1.82, 2.24) is 0 Å². The first-order valence-corrected chi connectivity index (χ1v) is 7.18. The Labute approximate surface area is 138 Å². The van der Waals surface area contributed by atoms with Crippen LogP contribution >= 0.6 is 23.2 Å². The molecule has 0 heterocycles. The molecule has 0 saturated heterocycles. The summed E-state index contributed by atoms with van der Waals surface area (Å²) in [5.41, 5.74) is 1.06. The van der Waals surface area contributed by atoms with Gasteiger partial charge in [0.25, 0.3) is 5.91 Å². The standard InChI is InChI=1S/C16H12Cl2N2O2/c1-10(22-13-5-2-11(9-19)3-6-13)16(21)20-12-4-7-14(17)15(18)8-12/h2-8,10H,1H3,(H,20,21). The highest BCUT2D eigenvalue weighted by atomic mass is 35.5. The third-order valence-electron chi connectivity index (χ3n) is 2.85. The van der Waals surface area contributed by atoms with Crippen LogP contribution in [-0.2, 0) is 4.79 Å². The van der Waals surface area contributed by atoms with Crippen molar-refractivity contribution in [2.45, 2.75) is 13.0 Å². The number of nitrogens with zero attached hydrogens (tertiary/aromatic N) is 1. The van der Waals surface area contributed by atoms with Gasteiger partial charge >= 0.3 is 0 Å². The Morgan fingerprint density at radius 2 is 1.86 bits per heavy atom. The van der Waals surface area contributed by atoms with Crippen molar-refractivity contribution in [1.29, 1.82) is 5.26 Å². The maximum Gasteiger partial charge on any atom is 0.265 e. The molecule has 1 unspecified atom stereocenters. The van der Waals surface area contributed by atoms with Crippen LogP contribution in [0.5, 0.6) is 5.75 Å². The molecule has 0 bridgehead atoms. The van der Waals surface area contributed by atoms with Crippen LogP contribution in [0, 0.1) is 11.3 Å². The molecule has 1 atom stereocenters. The average Bonchev–Trinajstić information content (AvgIpc) is 2.51. The summed E-state index contributed by atoms with van der Waals surface area (Å²) in [5, 5.41) is 12.2. The van der Waals surface area contributed by atoms with Crippen LogP contribution in [0.3, 0.4) is 0 Å². The highest BCUT2D eigenvalue weighted by molar-refractivity contribution is 6.42. The van der Waals surface area contributed by atoms with Crippen molar-refractivity contribution >= 4 is 34.8 Å². The summed E-state index contributed by atoms with van der Waals surface area (Å²) >= 11 is 11.7. The topological polar surface area (TPSA) is 62.1 Å². The summed E-state index contributed by atoms with van der Waals surface area (Å²) in [5.74, 6) is 0.193. The summed E-state index contributed by atoms with van der Waals surface area (Å²) in [4.78, 5) is 12.1. The third kappa shape index (κ3) is 4.14. The van der Waals surface area contributed by atoms with Gasteiger partial charge in [0, 0.05) is 5.69 Å². The molecule has 0 aliphatic rings. The molecule has 1 N–H and O–H groups in total. The van der Waals surface area contributed by atoms with Crippen LogP contribution in [0.4, 0.5) is 5.69 Å². The summed E-state index contributed by atoms with van der Waals surface area (Å²) in [6.07, 6.45) is -0.706. The van der Waals surface area contributed by atoms with Gasteiger partial charge in [0.2, 0.25) is 0 Å². The second kappa shape index (κ2) is 7.17. The summed E-state index contributed by atoms with van der Waals surface area (Å²) in [7, 11) is 0. The van der Waals surface area contributed by atoms with Crippen molar-refractivity contribution in [3.05, 3.63) is 58.1 Å². The number of nitrogens with one attached hydrogen (secondary N) is 1. The van der Waals surface area contributed by atoms with Gasteiger partial charge < -0.3 is 10.1 Å². The Balaban J connectivity index is 1.99. The largest absolute Gasteiger partial charge is 0.481 e. The van der Waals surface area contributed by atoms with Gasteiger partial charge in [-0.1, -0.05) is 23.2 Å². The van der Waals surface area contributed by atoms with Gasteiger partial charge in [0.05, 0.1) is 21.7 Å². The van der Waals surface area contributed by atoms with Crippen LogP contribution in [0.2, 0.25) is 10.0 Å². The lowest BCUT2D eigenvalue weighted by molar-refractivity contribution is -0.122. The van der Waals surface area contributed by atoms with Crippen LogP contribution in [0.15, 0.2) is 42.5 Å². The van der Waals surface area contributed by atoms with E-state index >= 15 is 0 Å². The van der Waals surface area contributed by atoms with Gasteiger partial charge in [-0.2, -0.15) is 5.26 Å². The van der Waals surface area contributed by atoms with Gasteiger partial charge in [-0.25, -0.2) is 0 Å². The first-order valence-electron chi connectivity index (χ1n) is 6.42. The van der Waals surface area contributed by atoms with Crippen molar-refractivity contribution < 1.29 is 9.53 Å². The van der Waals surface area contributed by atoms with E-state index in [1.54, 1.807) is 49.4 Å². The fourth-order valence-electron chi connectivity index (χ4n) is 1.68. The smallest absolute Gasteiger partial charge is 0.265 e. The molecule has 0 spiro atoms. The maximum atomic E-state index is 12.1. The third-order valence-corrected chi connectivity index (χ3v) is 3.59. The Bertz CT molecular complexity index is 724. The number of rotatable bonds is 4. The summed E-state index contributed by atoms with van der Waals surface area (Å²) in [6, 6.07) is 13.4. The van der Waals surface area contributed by atoms with Gasteiger partial charge in [-0.15, -0.1) is 0 Å². The van der Waals surface area contributed by atoms with Gasteiger partial charge in [-0.3, -0.25) is 4.79 Å². The lowest BCUT2D eigenvalue weighted by Crippen LogP contribution is -2.30. The Hall–Kier alpha value is -2.22. The molecule has 0 aromatic heterocycles. The van der Waals surface area contributed by atoms with Crippen molar-refractivity contribution in [2.75, 3.05) is 5.32 Å². The van der Waals surface area contributed by atoms with Gasteiger partial charge in [-0.05, 0) is 49.4 Å². The van der Waals surface area contributed by atoms with Crippen LogP contribution in [-0.4, -0.2) is 12.0 Å². The van der Waals surface area contributed by atoms with E-state index in [4.69, 9.17) is 33.2 Å². The zero-order valence-corrected chi connectivity index (χ0v) is 13.2. The quantitative estimate of drug-likeness (QED) is 0.907. The Morgan fingerprint density at radius 3 is 2.45 bits per heavy atom. The number of hydrogen-bond donors (Lipinski definition) is 1. The highest BCUT2D eigenvalue weighted by Crippen LogP contribution is 2.25. The van der Waals surface area contributed by atoms with E-state index in [1.165, 1.54) is 0 Å². The molecule has 1 amide bonds. The van der Waals surface area contributed by atoms with Crippen molar-refractivity contribution in [3.63, 3.8) is 0 Å². The molecule has 4 nitrogen and oxygen atoms in total. The molecule has 0 fully saturated rings. The number of carbonyl (C=O) groups excluding carboxylic acids is 1. The van der Waals surface area contributed by atoms with Crippen molar-refractivity contribution in [2.24, 2.45) is 0 Å². The minimum Gasteiger partial charge on any atom is -0.481 e. The SMILES string of the molecule is CC(Oc1ccc(C#N)cc1)C(=O)Nc1ccc(Cl)c(Cl)c1. The van der Waals surface area contributed by atoms with E-state index in [0.717, 1.165) is 0 Å². The second-order valence-electron chi connectivity index (χ2n) is 4.51. The predicted octanol–water partition coefficient (Wildman–Crippen LogP) is 4.27. The molecule has 2 aromatic rings. The maximum absolute atomic E-state index is 12.1. The van der Waals surface area contributed by atoms with E-state index in [0.29, 0.717) is 27.0 Å². The van der Waals surface area contributed by atoms with E-state index in [9.17, 15) is 4.79 Å². The van der Waals surface area contributed by atoms with Gasteiger partial charge in [0.1, 0.15) is 5.75 Å². The first-order chi connectivity index (χ1) is 10.5. The predicted molar refractivity (Wildman–Crippen MR) is 86.3 cm³/mol. The van der Waals surface area contributed by atoms with E-state index in [2.05, 4.69) is 5.32 Å². The molecule has 0 aliphatic heterocycles. The second-order valence-corrected chi connectivity index (χ2v) is 5.33. The molecule has 22 heavy (non-hydrogen) atoms. The number of nitriles is 1. The van der Waals surface area contributed by atoms with Crippen LogP contribution in [0.1, 0.15) is 12.5 Å². The normalized spacial score (nSPS) is 11.4. The number of amides is 1. The Kier molecular flexibility index (Phi) is 5.26. The molecule has 2 aromatic carbocycles. The van der Waals surface area contributed by atoms with E-state index in [-0.39, 0.29) is 5.91 Å². The van der Waals surface area contributed by atoms with Gasteiger partial charge in [0.15, 0.2) is 6.10 Å². The molecule has 0 radical (unpaired) electrons. The minimum atomic E-state index is -0.706. The fraction of sp³-hybridized carbons (Fsp3) is 0.125. The zero-order chi connectivity index (χ0) is 16.1. The van der Waals surface area contributed by atoms with Crippen LogP contribution < -0.4 is 10.1 Å². The molecule has 0 aliphatic carbocycles.